The van der Waals surface area contributed by atoms with E-state index in [9.17, 15) is 4.79 Å². The van der Waals surface area contributed by atoms with Crippen LogP contribution in [-0.2, 0) is 4.79 Å². The number of hydrogen-bond acceptors (Lipinski definition) is 7. The number of imidazole rings is 1. The molecule has 0 aliphatic carbocycles. The zero-order valence-electron chi connectivity index (χ0n) is 20.2. The van der Waals surface area contributed by atoms with Crippen LogP contribution in [0.15, 0.2) is 46.4 Å². The maximum atomic E-state index is 15.2. The molecule has 0 N–H and O–H groups in total. The molecule has 1 aromatic carbocycles. The highest BCUT2D eigenvalue weighted by Gasteiger charge is 2.28. The second kappa shape index (κ2) is 9.67. The van der Waals surface area contributed by atoms with Gasteiger partial charge in [-0.15, -0.1) is 0 Å². The number of benzene rings is 1. The molecule has 36 heavy (non-hydrogen) atoms. The highest BCUT2D eigenvalue weighted by molar-refractivity contribution is 8.18. The van der Waals surface area contributed by atoms with Crippen LogP contribution in [0.1, 0.15) is 25.5 Å². The van der Waals surface area contributed by atoms with Crippen LogP contribution in [0.3, 0.4) is 0 Å². The molecular weight excluding hydrogens is 477 g/mol. The van der Waals surface area contributed by atoms with Crippen molar-refractivity contribution < 1.29 is 9.18 Å². The average molecular weight is 506 g/mol. The quantitative estimate of drug-likeness (QED) is 0.501. The van der Waals surface area contributed by atoms with Crippen LogP contribution in [0.5, 0.6) is 0 Å². The number of anilines is 1. The van der Waals surface area contributed by atoms with Crippen LogP contribution in [0.4, 0.5) is 10.1 Å². The number of carbonyl (C=O) groups excluding carboxylic acids is 1. The van der Waals surface area contributed by atoms with Gasteiger partial charge in [0.1, 0.15) is 5.82 Å². The number of amides is 1. The number of hydrogen-bond donors (Lipinski definition) is 0. The van der Waals surface area contributed by atoms with E-state index in [0.717, 1.165) is 63.8 Å². The molecule has 0 unspecified atom stereocenters. The normalized spacial score (nSPS) is 20.2. The number of piperazine rings is 1. The number of nitrogens with zero attached hydrogens (tertiary/aromatic N) is 7. The third kappa shape index (κ3) is 4.39. The van der Waals surface area contributed by atoms with Crippen LogP contribution in [0, 0.1) is 5.82 Å². The monoisotopic (exact) mass is 505 g/mol. The Morgan fingerprint density at radius 1 is 1.03 bits per heavy atom. The molecular formula is C26H28FN7OS. The van der Waals surface area contributed by atoms with Crippen LogP contribution >= 0.6 is 11.8 Å². The molecule has 8 nitrogen and oxygen atoms in total. The molecule has 2 saturated heterocycles. The van der Waals surface area contributed by atoms with E-state index in [4.69, 9.17) is 5.10 Å². The Morgan fingerprint density at radius 2 is 1.83 bits per heavy atom. The number of likely N-dealkylation sites (tertiary alicyclic amines) is 1. The lowest BCUT2D eigenvalue weighted by atomic mass is 10.1. The standard InChI is InChI=1S/C26H28FN7OS/c1-2-31-11-13-32(14-12-31)21-7-5-18(15-20(21)27)22-17-28-24-8-6-19(30-34(22)24)16-23-25(35)29-26(36-23)33-9-3-4-10-33/h5-8,15-17H,2-4,9-14H2,1H3/b23-16-. The first-order valence-corrected chi connectivity index (χ1v) is 13.3. The zero-order valence-corrected chi connectivity index (χ0v) is 21.0. The predicted octanol–water partition coefficient (Wildman–Crippen LogP) is 3.74. The van der Waals surface area contributed by atoms with E-state index >= 15 is 4.39 Å². The van der Waals surface area contributed by atoms with E-state index in [0.29, 0.717) is 33.2 Å². The minimum absolute atomic E-state index is 0.230. The van der Waals surface area contributed by atoms with E-state index in [1.165, 1.54) is 11.8 Å². The molecule has 186 valence electrons. The van der Waals surface area contributed by atoms with Gasteiger partial charge in [-0.25, -0.2) is 13.9 Å². The molecule has 10 heteroatoms. The first-order valence-electron chi connectivity index (χ1n) is 12.5. The summed E-state index contributed by atoms with van der Waals surface area (Å²) in [5.74, 6) is -0.475. The van der Waals surface area contributed by atoms with Crippen molar-refractivity contribution in [1.82, 2.24) is 24.4 Å². The van der Waals surface area contributed by atoms with Gasteiger partial charge in [0.05, 0.1) is 28.2 Å². The van der Waals surface area contributed by atoms with Gasteiger partial charge < -0.3 is 14.7 Å². The maximum Gasteiger partial charge on any atom is 0.286 e. The fourth-order valence-electron chi connectivity index (χ4n) is 4.96. The highest BCUT2D eigenvalue weighted by Crippen LogP contribution is 2.32. The fraction of sp³-hybridized carbons (Fsp3) is 0.385. The number of likely N-dealkylation sites (N-methyl/N-ethyl adjacent to an activating group) is 1. The Balaban J connectivity index is 1.25. The SMILES string of the molecule is CCN1CCN(c2ccc(-c3cnc4ccc(/C=C5\SC(N6CCCC6)=NC5=O)nn34)cc2F)CC1. The molecule has 2 fully saturated rings. The van der Waals surface area contributed by atoms with Crippen molar-refractivity contribution in [3.8, 4) is 11.3 Å². The summed E-state index contributed by atoms with van der Waals surface area (Å²) in [5, 5.41) is 5.48. The van der Waals surface area contributed by atoms with E-state index in [1.54, 1.807) is 22.9 Å². The summed E-state index contributed by atoms with van der Waals surface area (Å²) in [6.45, 7) is 8.59. The van der Waals surface area contributed by atoms with Crippen LogP contribution < -0.4 is 4.90 Å². The van der Waals surface area contributed by atoms with Gasteiger partial charge in [-0.3, -0.25) is 4.79 Å². The zero-order chi connectivity index (χ0) is 24.6. The number of halogens is 1. The molecule has 0 bridgehead atoms. The number of aromatic nitrogens is 3. The minimum atomic E-state index is -0.245. The van der Waals surface area contributed by atoms with Gasteiger partial charge >= 0.3 is 0 Å². The molecule has 0 radical (unpaired) electrons. The van der Waals surface area contributed by atoms with Crippen molar-refractivity contribution in [3.05, 3.63) is 52.9 Å². The Kier molecular flexibility index (Phi) is 6.22. The molecule has 3 aliphatic rings. The van der Waals surface area contributed by atoms with E-state index < -0.39 is 0 Å². The number of aliphatic imine (C=N–C) groups is 1. The van der Waals surface area contributed by atoms with Crippen molar-refractivity contribution in [2.45, 2.75) is 19.8 Å². The van der Waals surface area contributed by atoms with Crippen molar-refractivity contribution in [2.24, 2.45) is 4.99 Å². The number of fused-ring (bicyclic) bond motifs is 1. The molecule has 3 aromatic rings. The summed E-state index contributed by atoms with van der Waals surface area (Å²) in [6.07, 6.45) is 5.73. The topological polar surface area (TPSA) is 69.3 Å². The van der Waals surface area contributed by atoms with Gasteiger partial charge in [0, 0.05) is 44.8 Å². The molecule has 0 spiro atoms. The number of rotatable bonds is 4. The lowest BCUT2D eigenvalue weighted by Gasteiger charge is -2.35. The fourth-order valence-corrected chi connectivity index (χ4v) is 5.91. The number of thioether (sulfide) groups is 1. The van der Waals surface area contributed by atoms with Crippen molar-refractivity contribution in [2.75, 3.05) is 50.7 Å². The second-order valence-corrected chi connectivity index (χ2v) is 10.3. The van der Waals surface area contributed by atoms with Crippen LogP contribution in [0.2, 0.25) is 0 Å². The molecule has 5 heterocycles. The molecule has 2 aromatic heterocycles. The van der Waals surface area contributed by atoms with Gasteiger partial charge in [-0.2, -0.15) is 10.1 Å². The first kappa shape index (κ1) is 23.2. The van der Waals surface area contributed by atoms with Gasteiger partial charge in [0.2, 0.25) is 0 Å². The number of amidine groups is 1. The van der Waals surface area contributed by atoms with Crippen molar-refractivity contribution in [3.63, 3.8) is 0 Å². The van der Waals surface area contributed by atoms with E-state index in [2.05, 4.69) is 31.6 Å². The van der Waals surface area contributed by atoms with Crippen molar-refractivity contribution >= 4 is 40.2 Å². The van der Waals surface area contributed by atoms with Gasteiger partial charge in [-0.05, 0) is 61.5 Å². The summed E-state index contributed by atoms with van der Waals surface area (Å²) in [4.78, 5) is 28.4. The predicted molar refractivity (Wildman–Crippen MR) is 142 cm³/mol. The Morgan fingerprint density at radius 3 is 2.58 bits per heavy atom. The summed E-state index contributed by atoms with van der Waals surface area (Å²) in [7, 11) is 0. The summed E-state index contributed by atoms with van der Waals surface area (Å²) < 4.78 is 16.9. The third-order valence-electron chi connectivity index (χ3n) is 7.05. The maximum absolute atomic E-state index is 15.2. The minimum Gasteiger partial charge on any atom is -0.367 e. The highest BCUT2D eigenvalue weighted by atomic mass is 32.2. The average Bonchev–Trinajstić information content (AvgIpc) is 3.65. The molecule has 1 amide bonds. The summed E-state index contributed by atoms with van der Waals surface area (Å²) in [6, 6.07) is 9.02. The second-order valence-electron chi connectivity index (χ2n) is 9.26. The van der Waals surface area contributed by atoms with Crippen LogP contribution in [0.25, 0.3) is 23.0 Å². The largest absolute Gasteiger partial charge is 0.367 e. The van der Waals surface area contributed by atoms with Gasteiger partial charge in [0.25, 0.3) is 5.91 Å². The van der Waals surface area contributed by atoms with Gasteiger partial charge in [0.15, 0.2) is 10.8 Å². The molecule has 0 atom stereocenters. The summed E-state index contributed by atoms with van der Waals surface area (Å²) in [5.41, 5.74) is 3.32. The number of carbonyl (C=O) groups is 1. The first-order chi connectivity index (χ1) is 17.6. The smallest absolute Gasteiger partial charge is 0.286 e. The Labute approximate surface area is 213 Å². The van der Waals surface area contributed by atoms with E-state index in [1.807, 2.05) is 24.3 Å². The van der Waals surface area contributed by atoms with E-state index in [-0.39, 0.29) is 11.7 Å². The van der Waals surface area contributed by atoms with Gasteiger partial charge in [-0.1, -0.05) is 13.0 Å². The third-order valence-corrected chi connectivity index (χ3v) is 8.10. The Bertz CT molecular complexity index is 1370. The van der Waals surface area contributed by atoms with Crippen LogP contribution in [-0.4, -0.2) is 81.3 Å². The molecule has 6 rings (SSSR count). The Hall–Kier alpha value is -3.24. The lowest BCUT2D eigenvalue weighted by Crippen LogP contribution is -2.46. The molecule has 3 aliphatic heterocycles. The lowest BCUT2D eigenvalue weighted by molar-refractivity contribution is -0.113. The summed E-state index contributed by atoms with van der Waals surface area (Å²) >= 11 is 1.40. The molecule has 0 saturated carbocycles. The van der Waals surface area contributed by atoms with Crippen molar-refractivity contribution in [1.29, 1.82) is 0 Å².